The first kappa shape index (κ1) is 13.5. The van der Waals surface area contributed by atoms with Crippen LogP contribution in [0.1, 0.15) is 5.76 Å². The Morgan fingerprint density at radius 3 is 2.77 bits per heavy atom. The zero-order valence-electron chi connectivity index (χ0n) is 11.0. The van der Waals surface area contributed by atoms with Crippen LogP contribution >= 0.6 is 0 Å². The number of phenols is 1. The fourth-order valence-electron chi connectivity index (χ4n) is 1.78. The molecule has 3 rings (SSSR count). The van der Waals surface area contributed by atoms with Gasteiger partial charge in [-0.1, -0.05) is 0 Å². The Bertz CT molecular complexity index is 838. The van der Waals surface area contributed by atoms with Crippen LogP contribution in [-0.4, -0.2) is 31.1 Å². The van der Waals surface area contributed by atoms with Crippen molar-refractivity contribution in [3.05, 3.63) is 58.9 Å². The quantitative estimate of drug-likeness (QED) is 0.447. The molecule has 3 aromatic rings. The number of nitrogens with zero attached hydrogens (tertiary/aromatic N) is 5. The highest BCUT2D eigenvalue weighted by Gasteiger charge is 2.15. The maximum absolute atomic E-state index is 10.8. The second kappa shape index (κ2) is 5.48. The van der Waals surface area contributed by atoms with Gasteiger partial charge in [-0.3, -0.25) is 10.1 Å². The predicted octanol–water partition coefficient (Wildman–Crippen LogP) is 2.03. The lowest BCUT2D eigenvalue weighted by Gasteiger charge is -1.99. The second-order valence-electron chi connectivity index (χ2n) is 4.25. The molecular formula is C13H9N5O4. The summed E-state index contributed by atoms with van der Waals surface area (Å²) >= 11 is 0. The Balaban J connectivity index is 1.87. The largest absolute Gasteiger partial charge is 0.502 e. The highest BCUT2D eigenvalue weighted by molar-refractivity contribution is 5.77. The summed E-state index contributed by atoms with van der Waals surface area (Å²) in [5.41, 5.74) is 0.0991. The molecule has 0 amide bonds. The topological polar surface area (TPSA) is 120 Å². The number of nitro groups is 1. The maximum atomic E-state index is 10.8. The van der Waals surface area contributed by atoms with Crippen LogP contribution in [0.3, 0.4) is 0 Å². The van der Waals surface area contributed by atoms with E-state index < -0.39 is 10.7 Å². The number of phenolic OH excluding ortho intramolecular Hbond substituents is 1. The normalized spacial score (nSPS) is 11.1. The molecule has 0 aliphatic rings. The molecule has 9 heteroatoms. The maximum Gasteiger partial charge on any atom is 0.311 e. The Hall–Kier alpha value is -3.49. The van der Waals surface area contributed by atoms with Gasteiger partial charge in [0.05, 0.1) is 11.1 Å². The van der Waals surface area contributed by atoms with E-state index in [-0.39, 0.29) is 5.69 Å². The van der Waals surface area contributed by atoms with Crippen molar-refractivity contribution in [2.75, 3.05) is 0 Å². The van der Waals surface area contributed by atoms with Crippen molar-refractivity contribution in [2.24, 2.45) is 5.10 Å². The summed E-state index contributed by atoms with van der Waals surface area (Å²) in [6.45, 7) is 0. The van der Waals surface area contributed by atoms with Crippen molar-refractivity contribution < 1.29 is 14.4 Å². The van der Waals surface area contributed by atoms with E-state index in [0.717, 1.165) is 0 Å². The van der Waals surface area contributed by atoms with Crippen LogP contribution in [0.5, 0.6) is 5.75 Å². The van der Waals surface area contributed by atoms with Crippen molar-refractivity contribution >= 4 is 11.9 Å². The molecule has 0 unspecified atom stereocenters. The monoisotopic (exact) mass is 299 g/mol. The lowest BCUT2D eigenvalue weighted by molar-refractivity contribution is -0.385. The van der Waals surface area contributed by atoms with Crippen LogP contribution in [0.4, 0.5) is 5.69 Å². The number of aromatic nitrogens is 3. The molecule has 0 atom stereocenters. The molecule has 0 saturated heterocycles. The zero-order valence-corrected chi connectivity index (χ0v) is 11.0. The van der Waals surface area contributed by atoms with E-state index in [4.69, 9.17) is 4.42 Å². The molecule has 0 bridgehead atoms. The highest BCUT2D eigenvalue weighted by Crippen LogP contribution is 2.31. The van der Waals surface area contributed by atoms with Crippen LogP contribution in [0.25, 0.3) is 11.3 Å². The van der Waals surface area contributed by atoms with E-state index >= 15 is 0 Å². The molecule has 1 aromatic carbocycles. The van der Waals surface area contributed by atoms with Crippen molar-refractivity contribution in [1.82, 2.24) is 14.9 Å². The smallest absolute Gasteiger partial charge is 0.311 e. The number of hydrogen-bond acceptors (Lipinski definition) is 7. The van der Waals surface area contributed by atoms with Gasteiger partial charge in [-0.05, 0) is 24.3 Å². The average molecular weight is 299 g/mol. The molecule has 2 aromatic heterocycles. The minimum absolute atomic E-state index is 0.381. The fraction of sp³-hybridized carbons (Fsp3) is 0. The molecule has 9 nitrogen and oxygen atoms in total. The first-order valence-corrected chi connectivity index (χ1v) is 6.10. The molecule has 0 aliphatic carbocycles. The van der Waals surface area contributed by atoms with Crippen molar-refractivity contribution in [3.8, 4) is 17.1 Å². The molecule has 0 radical (unpaired) electrons. The van der Waals surface area contributed by atoms with Crippen LogP contribution in [0.15, 0.2) is 52.5 Å². The number of hydrogen-bond donors (Lipinski definition) is 1. The van der Waals surface area contributed by atoms with Crippen molar-refractivity contribution in [2.45, 2.75) is 0 Å². The van der Waals surface area contributed by atoms with Crippen molar-refractivity contribution in [1.29, 1.82) is 0 Å². The third-order valence-corrected chi connectivity index (χ3v) is 2.81. The number of aromatic hydroxyl groups is 1. The number of rotatable bonds is 4. The van der Waals surface area contributed by atoms with Crippen LogP contribution in [-0.2, 0) is 0 Å². The number of nitro benzene ring substituents is 1. The summed E-state index contributed by atoms with van der Waals surface area (Å²) in [5.74, 6) is 0.488. The molecule has 0 aliphatic heterocycles. The zero-order chi connectivity index (χ0) is 15.5. The molecule has 0 fully saturated rings. The second-order valence-corrected chi connectivity index (χ2v) is 4.25. The highest BCUT2D eigenvalue weighted by atomic mass is 16.6. The van der Waals surface area contributed by atoms with E-state index in [9.17, 15) is 15.2 Å². The van der Waals surface area contributed by atoms with Crippen LogP contribution < -0.4 is 0 Å². The summed E-state index contributed by atoms with van der Waals surface area (Å²) in [5, 5.41) is 31.5. The fourth-order valence-corrected chi connectivity index (χ4v) is 1.78. The summed E-state index contributed by atoms with van der Waals surface area (Å²) in [6.07, 6.45) is 4.30. The summed E-state index contributed by atoms with van der Waals surface area (Å²) < 4.78 is 6.93. The van der Waals surface area contributed by atoms with E-state index in [2.05, 4.69) is 15.3 Å². The first-order chi connectivity index (χ1) is 10.6. The van der Waals surface area contributed by atoms with Crippen LogP contribution in [0.2, 0.25) is 0 Å². The van der Waals surface area contributed by atoms with Gasteiger partial charge in [0.25, 0.3) is 0 Å². The van der Waals surface area contributed by atoms with E-state index in [1.807, 2.05) is 0 Å². The van der Waals surface area contributed by atoms with Gasteiger partial charge in [0, 0.05) is 11.6 Å². The van der Waals surface area contributed by atoms with E-state index in [1.54, 1.807) is 12.1 Å². The SMILES string of the molecule is O=[N+]([O-])c1cc(-c2ccc(C=Nn3cnnc3)o2)ccc1O. The third kappa shape index (κ3) is 2.68. The van der Waals surface area contributed by atoms with Gasteiger partial charge in [0.15, 0.2) is 5.75 Å². The Kier molecular flexibility index (Phi) is 3.36. The minimum Gasteiger partial charge on any atom is -0.502 e. The molecule has 0 spiro atoms. The van der Waals surface area contributed by atoms with Gasteiger partial charge in [-0.15, -0.1) is 10.2 Å². The third-order valence-electron chi connectivity index (χ3n) is 2.81. The molecule has 110 valence electrons. The lowest BCUT2D eigenvalue weighted by atomic mass is 10.1. The number of benzene rings is 1. The molecule has 2 heterocycles. The minimum atomic E-state index is -0.657. The van der Waals surface area contributed by atoms with Gasteiger partial charge in [-0.2, -0.15) is 5.10 Å². The van der Waals surface area contributed by atoms with Gasteiger partial charge in [-0.25, -0.2) is 4.68 Å². The molecule has 22 heavy (non-hydrogen) atoms. The van der Waals surface area contributed by atoms with Crippen molar-refractivity contribution in [3.63, 3.8) is 0 Å². The predicted molar refractivity (Wildman–Crippen MR) is 75.5 cm³/mol. The van der Waals surface area contributed by atoms with Gasteiger partial charge < -0.3 is 9.52 Å². The Labute approximate surface area is 123 Å². The first-order valence-electron chi connectivity index (χ1n) is 6.10. The molecule has 1 N–H and O–H groups in total. The average Bonchev–Trinajstić information content (AvgIpc) is 3.17. The molecule has 0 saturated carbocycles. The van der Waals surface area contributed by atoms with Crippen LogP contribution in [0, 0.1) is 10.1 Å². The van der Waals surface area contributed by atoms with Gasteiger partial charge in [0.2, 0.25) is 0 Å². The Morgan fingerprint density at radius 2 is 2.05 bits per heavy atom. The molecular weight excluding hydrogens is 290 g/mol. The Morgan fingerprint density at radius 1 is 1.27 bits per heavy atom. The standard InChI is InChI=1S/C13H9N5O4/c19-12-3-1-9(5-11(12)18(20)21)13-4-2-10(22-13)6-16-17-7-14-15-8-17/h1-8,19H. The van der Waals surface area contributed by atoms with Gasteiger partial charge in [0.1, 0.15) is 24.2 Å². The van der Waals surface area contributed by atoms with E-state index in [0.29, 0.717) is 17.1 Å². The van der Waals surface area contributed by atoms with Gasteiger partial charge >= 0.3 is 5.69 Å². The summed E-state index contributed by atoms with van der Waals surface area (Å²) in [4.78, 5) is 10.2. The number of furan rings is 1. The summed E-state index contributed by atoms with van der Waals surface area (Å²) in [7, 11) is 0. The summed E-state index contributed by atoms with van der Waals surface area (Å²) in [6, 6.07) is 7.35. The van der Waals surface area contributed by atoms with E-state index in [1.165, 1.54) is 41.7 Å². The lowest BCUT2D eigenvalue weighted by Crippen LogP contribution is -1.89.